The van der Waals surface area contributed by atoms with E-state index in [1.807, 2.05) is 24.3 Å². The molecular weight excluding hydrogens is 608 g/mol. The number of carbonyl (C=O) groups excluding carboxylic acids is 4. The quantitative estimate of drug-likeness (QED) is 0.145. The second-order valence-corrected chi connectivity index (χ2v) is 11.0. The Bertz CT molecular complexity index is 2210. The highest BCUT2D eigenvalue weighted by Crippen LogP contribution is 2.34. The number of nitrogens with one attached hydrogen (secondary N) is 2. The van der Waals surface area contributed by atoms with Gasteiger partial charge < -0.3 is 19.4 Å². The van der Waals surface area contributed by atoms with Crippen LogP contribution in [0.25, 0.3) is 68.6 Å². The summed E-state index contributed by atoms with van der Waals surface area (Å²) < 4.78 is 9.72. The van der Waals surface area contributed by atoms with Gasteiger partial charge in [0.15, 0.2) is 12.6 Å². The van der Waals surface area contributed by atoms with E-state index in [4.69, 9.17) is 19.4 Å². The molecule has 2 aliphatic rings. The number of aromatic nitrogens is 4. The topological polar surface area (TPSA) is 144 Å². The molecular formula is C38H26N4O6. The van der Waals surface area contributed by atoms with Gasteiger partial charge in [-0.15, -0.1) is 0 Å². The number of carbonyl (C=O) groups is 4. The van der Waals surface area contributed by atoms with Crippen LogP contribution >= 0.6 is 0 Å². The van der Waals surface area contributed by atoms with Gasteiger partial charge in [-0.05, 0) is 84.0 Å². The van der Waals surface area contributed by atoms with E-state index in [1.54, 1.807) is 72.8 Å². The maximum atomic E-state index is 12.6. The molecule has 0 amide bonds. The number of esters is 2. The summed E-state index contributed by atoms with van der Waals surface area (Å²) in [5.74, 6) is -0.914. The summed E-state index contributed by atoms with van der Waals surface area (Å²) in [5.41, 5.74) is 8.81. The Morgan fingerprint density at radius 1 is 0.521 bits per heavy atom. The normalized spacial score (nSPS) is 11.7. The van der Waals surface area contributed by atoms with Crippen molar-refractivity contribution in [2.75, 3.05) is 14.2 Å². The van der Waals surface area contributed by atoms with E-state index >= 15 is 0 Å². The molecule has 0 fully saturated rings. The van der Waals surface area contributed by atoms with Crippen molar-refractivity contribution in [3.05, 3.63) is 118 Å². The van der Waals surface area contributed by atoms with Crippen LogP contribution in [0.4, 0.5) is 0 Å². The van der Waals surface area contributed by atoms with Gasteiger partial charge in [-0.1, -0.05) is 24.3 Å². The Morgan fingerprint density at radius 2 is 0.875 bits per heavy atom. The predicted octanol–water partition coefficient (Wildman–Crippen LogP) is 7.19. The lowest BCUT2D eigenvalue weighted by Crippen LogP contribution is -2.00. The number of benzene rings is 2. The second-order valence-electron chi connectivity index (χ2n) is 11.0. The van der Waals surface area contributed by atoms with E-state index in [1.165, 1.54) is 14.2 Å². The monoisotopic (exact) mass is 634 g/mol. The fraction of sp³-hybridized carbons (Fsp3) is 0.0526. The molecule has 0 saturated carbocycles. The predicted molar refractivity (Wildman–Crippen MR) is 183 cm³/mol. The van der Waals surface area contributed by atoms with E-state index in [-0.39, 0.29) is 0 Å². The van der Waals surface area contributed by atoms with E-state index in [0.29, 0.717) is 78.2 Å². The smallest absolute Gasteiger partial charge is 0.337 e. The second kappa shape index (κ2) is 12.3. The minimum Gasteiger partial charge on any atom is -0.465 e. The molecule has 2 aliphatic heterocycles. The van der Waals surface area contributed by atoms with Crippen LogP contribution in [-0.2, 0) is 9.47 Å². The van der Waals surface area contributed by atoms with Gasteiger partial charge in [0.25, 0.3) is 0 Å². The summed E-state index contributed by atoms with van der Waals surface area (Å²) in [6.45, 7) is 0. The zero-order valence-electron chi connectivity index (χ0n) is 25.7. The largest absolute Gasteiger partial charge is 0.465 e. The highest BCUT2D eigenvalue weighted by atomic mass is 16.5. The average molecular weight is 635 g/mol. The summed E-state index contributed by atoms with van der Waals surface area (Å²) in [4.78, 5) is 65.9. The molecule has 0 unspecified atom stereocenters. The molecule has 10 heteroatoms. The zero-order chi connectivity index (χ0) is 33.4. The summed E-state index contributed by atoms with van der Waals surface area (Å²) >= 11 is 0. The minimum atomic E-state index is -0.457. The Labute approximate surface area is 273 Å². The summed E-state index contributed by atoms with van der Waals surface area (Å²) in [7, 11) is 2.65. The lowest BCUT2D eigenvalue weighted by Gasteiger charge is -2.06. The van der Waals surface area contributed by atoms with E-state index in [0.717, 1.165) is 23.7 Å². The lowest BCUT2D eigenvalue weighted by molar-refractivity contribution is 0.0592. The van der Waals surface area contributed by atoms with Gasteiger partial charge in [-0.25, -0.2) is 19.6 Å². The Balaban J connectivity index is 1.56. The third-order valence-corrected chi connectivity index (χ3v) is 8.26. The SMILES string of the molecule is COC(=O)c1ccc(-c2c3nc(c(C=O)c4ccc([nH]4)c(-c4ccc(C(=O)OC)cc4)c4nc(c(C=O)c5ccc2[nH]5)C=C4)C=C3)cc1. The molecule has 3 aromatic heterocycles. The number of fused-ring (bicyclic) bond motifs is 8. The molecule has 8 bridgehead atoms. The van der Waals surface area contributed by atoms with E-state index in [2.05, 4.69) is 9.97 Å². The Hall–Kier alpha value is -6.68. The van der Waals surface area contributed by atoms with Gasteiger partial charge in [0.1, 0.15) is 0 Å². The number of aromatic amines is 2. The molecule has 234 valence electrons. The van der Waals surface area contributed by atoms with Crippen LogP contribution in [0.15, 0.2) is 72.8 Å². The number of H-pyrrole nitrogens is 2. The first-order chi connectivity index (χ1) is 23.4. The number of aldehydes is 2. The first-order valence-corrected chi connectivity index (χ1v) is 14.9. The molecule has 0 radical (unpaired) electrons. The van der Waals surface area contributed by atoms with Gasteiger partial charge >= 0.3 is 11.9 Å². The molecule has 5 heterocycles. The van der Waals surface area contributed by atoms with Crippen LogP contribution in [0.3, 0.4) is 0 Å². The molecule has 0 atom stereocenters. The molecule has 0 spiro atoms. The molecule has 10 nitrogen and oxygen atoms in total. The van der Waals surface area contributed by atoms with E-state index in [9.17, 15) is 19.2 Å². The van der Waals surface area contributed by atoms with Gasteiger partial charge in [0.05, 0.1) is 70.3 Å². The first kappa shape index (κ1) is 30.0. The van der Waals surface area contributed by atoms with Gasteiger partial charge in [-0.3, -0.25) is 9.59 Å². The highest BCUT2D eigenvalue weighted by molar-refractivity contribution is 6.01. The van der Waals surface area contributed by atoms with Gasteiger partial charge in [0, 0.05) is 22.2 Å². The van der Waals surface area contributed by atoms with Gasteiger partial charge in [0.2, 0.25) is 0 Å². The lowest BCUT2D eigenvalue weighted by atomic mass is 10.0. The molecule has 48 heavy (non-hydrogen) atoms. The number of ether oxygens (including phenoxy) is 2. The number of hydrogen-bond acceptors (Lipinski definition) is 8. The summed E-state index contributed by atoms with van der Waals surface area (Å²) in [6, 6.07) is 21.1. The molecule has 2 aromatic carbocycles. The minimum absolute atomic E-state index is 0.347. The number of hydrogen-bond donors (Lipinski definition) is 2. The molecule has 7 rings (SSSR count). The van der Waals surface area contributed by atoms with Crippen molar-refractivity contribution in [1.29, 1.82) is 0 Å². The fourth-order valence-electron chi connectivity index (χ4n) is 5.89. The van der Waals surface area contributed by atoms with Crippen molar-refractivity contribution < 1.29 is 28.7 Å². The number of nitrogens with zero attached hydrogens (tertiary/aromatic N) is 2. The molecule has 5 aromatic rings. The summed E-state index contributed by atoms with van der Waals surface area (Å²) in [5, 5.41) is 0. The molecule has 0 aliphatic carbocycles. The average Bonchev–Trinajstić information content (AvgIpc) is 3.96. The fourth-order valence-corrected chi connectivity index (χ4v) is 5.89. The van der Waals surface area contributed by atoms with Crippen molar-refractivity contribution in [3.63, 3.8) is 0 Å². The number of methoxy groups -OCH3 is 2. The van der Waals surface area contributed by atoms with E-state index < -0.39 is 11.9 Å². The standard InChI is InChI=1S/C38H26N4O6/c1-47-37(45)23-7-3-21(4-8-23)35-31-15-11-27(39-31)25(19-43)29-13-17-33(41-29)36(22-5-9-24(10-6-22)38(46)48-2)34-18-14-30(42-34)26(20-44)28-12-16-32(35)40-28/h3-20,39,42H,1-2H3. The van der Waals surface area contributed by atoms with Crippen molar-refractivity contribution in [2.45, 2.75) is 0 Å². The maximum absolute atomic E-state index is 12.6. The van der Waals surface area contributed by atoms with Crippen LogP contribution in [0.1, 0.15) is 64.2 Å². The highest BCUT2D eigenvalue weighted by Gasteiger charge is 2.18. The van der Waals surface area contributed by atoms with Crippen molar-refractivity contribution in [1.82, 2.24) is 19.9 Å². The maximum Gasteiger partial charge on any atom is 0.337 e. The zero-order valence-corrected chi connectivity index (χ0v) is 25.7. The van der Waals surface area contributed by atoms with Crippen molar-refractivity contribution >= 4 is 70.9 Å². The van der Waals surface area contributed by atoms with Crippen LogP contribution in [0, 0.1) is 0 Å². The molecule has 2 N–H and O–H groups in total. The van der Waals surface area contributed by atoms with Crippen LogP contribution in [0.2, 0.25) is 0 Å². The molecule has 0 saturated heterocycles. The van der Waals surface area contributed by atoms with Crippen LogP contribution in [0.5, 0.6) is 0 Å². The van der Waals surface area contributed by atoms with Crippen molar-refractivity contribution in [3.8, 4) is 22.3 Å². The third kappa shape index (κ3) is 5.21. The summed E-state index contributed by atoms with van der Waals surface area (Å²) in [6.07, 6.45) is 8.71. The van der Waals surface area contributed by atoms with Crippen LogP contribution in [-0.4, -0.2) is 58.7 Å². The third-order valence-electron chi connectivity index (χ3n) is 8.26. The Kier molecular flexibility index (Phi) is 7.66. The number of rotatable bonds is 6. The van der Waals surface area contributed by atoms with Gasteiger partial charge in [-0.2, -0.15) is 0 Å². The Morgan fingerprint density at radius 3 is 1.23 bits per heavy atom. The van der Waals surface area contributed by atoms with Crippen molar-refractivity contribution in [2.24, 2.45) is 0 Å². The first-order valence-electron chi connectivity index (χ1n) is 14.9. The van der Waals surface area contributed by atoms with Crippen LogP contribution < -0.4 is 0 Å².